The number of benzene rings is 1. The second kappa shape index (κ2) is 7.32. The number of methoxy groups -OCH3 is 2. The van der Waals surface area contributed by atoms with Gasteiger partial charge in [-0.15, -0.1) is 11.3 Å². The van der Waals surface area contributed by atoms with Gasteiger partial charge in [0.15, 0.2) is 5.65 Å². The van der Waals surface area contributed by atoms with E-state index in [2.05, 4.69) is 15.4 Å². The third kappa shape index (κ3) is 3.29. The Morgan fingerprint density at radius 2 is 2.00 bits per heavy atom. The Kier molecular flexibility index (Phi) is 4.70. The van der Waals surface area contributed by atoms with Crippen LogP contribution in [0, 0.1) is 6.92 Å². The van der Waals surface area contributed by atoms with E-state index >= 15 is 0 Å². The van der Waals surface area contributed by atoms with E-state index in [0.717, 1.165) is 16.3 Å². The van der Waals surface area contributed by atoms with Crippen molar-refractivity contribution in [1.29, 1.82) is 0 Å². The lowest BCUT2D eigenvalue weighted by molar-refractivity contribution is 0.102. The van der Waals surface area contributed by atoms with Crippen molar-refractivity contribution in [3.8, 4) is 22.1 Å². The zero-order chi connectivity index (χ0) is 19.7. The summed E-state index contributed by atoms with van der Waals surface area (Å²) < 4.78 is 12.3. The minimum Gasteiger partial charge on any atom is -0.497 e. The van der Waals surface area contributed by atoms with E-state index in [1.54, 1.807) is 54.3 Å². The monoisotopic (exact) mass is 394 g/mol. The van der Waals surface area contributed by atoms with E-state index in [1.165, 1.54) is 0 Å². The molecule has 1 amide bonds. The number of nitrogens with one attached hydrogen (secondary N) is 1. The highest BCUT2D eigenvalue weighted by molar-refractivity contribution is 7.13. The van der Waals surface area contributed by atoms with Gasteiger partial charge >= 0.3 is 0 Å². The molecule has 1 aromatic carbocycles. The lowest BCUT2D eigenvalue weighted by Crippen LogP contribution is -2.15. The van der Waals surface area contributed by atoms with Crippen LogP contribution in [0.3, 0.4) is 0 Å². The summed E-state index contributed by atoms with van der Waals surface area (Å²) in [5.74, 6) is 0.819. The maximum atomic E-state index is 12.8. The van der Waals surface area contributed by atoms with Gasteiger partial charge in [-0.05, 0) is 36.6 Å². The molecule has 3 heterocycles. The Balaban J connectivity index is 1.68. The highest BCUT2D eigenvalue weighted by Gasteiger charge is 2.16. The molecule has 0 aliphatic rings. The van der Waals surface area contributed by atoms with E-state index in [4.69, 9.17) is 9.47 Å². The predicted octanol–water partition coefficient (Wildman–Crippen LogP) is 4.04. The molecule has 0 bridgehead atoms. The van der Waals surface area contributed by atoms with Gasteiger partial charge in [0, 0.05) is 17.8 Å². The minimum atomic E-state index is -0.337. The van der Waals surface area contributed by atoms with Crippen LogP contribution in [0.2, 0.25) is 0 Å². The van der Waals surface area contributed by atoms with E-state index in [0.29, 0.717) is 28.5 Å². The molecule has 8 heteroatoms. The molecule has 1 N–H and O–H groups in total. The number of nitrogens with zero attached hydrogens (tertiary/aromatic N) is 3. The van der Waals surface area contributed by atoms with Crippen molar-refractivity contribution in [2.75, 3.05) is 19.5 Å². The minimum absolute atomic E-state index is 0.299. The fourth-order valence-electron chi connectivity index (χ4n) is 2.88. The van der Waals surface area contributed by atoms with Crippen molar-refractivity contribution in [2.45, 2.75) is 6.92 Å². The average molecular weight is 394 g/mol. The number of thiophene rings is 1. The Morgan fingerprint density at radius 3 is 2.71 bits per heavy atom. The topological polar surface area (TPSA) is 77.8 Å². The Morgan fingerprint density at radius 1 is 1.14 bits per heavy atom. The van der Waals surface area contributed by atoms with Gasteiger partial charge in [0.1, 0.15) is 22.9 Å². The second-order valence-corrected chi connectivity index (χ2v) is 7.03. The molecule has 0 saturated heterocycles. The molecule has 0 unspecified atom stereocenters. The number of hydrogen-bond donors (Lipinski definition) is 1. The smallest absolute Gasteiger partial charge is 0.274 e. The molecule has 0 aliphatic heterocycles. The van der Waals surface area contributed by atoms with Gasteiger partial charge in [0.05, 0.1) is 24.8 Å². The van der Waals surface area contributed by atoms with Gasteiger partial charge < -0.3 is 14.8 Å². The molecule has 7 nitrogen and oxygen atoms in total. The molecular formula is C20H18N4O3S. The van der Waals surface area contributed by atoms with E-state index < -0.39 is 0 Å². The second-order valence-electron chi connectivity index (χ2n) is 6.08. The predicted molar refractivity (Wildman–Crippen MR) is 109 cm³/mol. The van der Waals surface area contributed by atoms with Crippen molar-refractivity contribution >= 4 is 28.6 Å². The highest BCUT2D eigenvalue weighted by atomic mass is 32.1. The van der Waals surface area contributed by atoms with Crippen LogP contribution in [-0.4, -0.2) is 34.7 Å². The Hall–Kier alpha value is -3.39. The largest absolute Gasteiger partial charge is 0.497 e. The number of rotatable bonds is 5. The molecule has 4 rings (SSSR count). The number of aromatic nitrogens is 3. The SMILES string of the molecule is COc1ccc(OC)c(NC(=O)c2cc(C)n3nc(-c4cccs4)cc3n2)c1. The first-order valence-electron chi connectivity index (χ1n) is 8.53. The van der Waals surface area contributed by atoms with Crippen molar-refractivity contribution in [3.63, 3.8) is 0 Å². The van der Waals surface area contributed by atoms with Gasteiger partial charge in [-0.3, -0.25) is 4.79 Å². The maximum Gasteiger partial charge on any atom is 0.274 e. The first-order chi connectivity index (χ1) is 13.6. The lowest BCUT2D eigenvalue weighted by atomic mass is 10.2. The van der Waals surface area contributed by atoms with Crippen molar-refractivity contribution < 1.29 is 14.3 Å². The average Bonchev–Trinajstić information content (AvgIpc) is 3.37. The van der Waals surface area contributed by atoms with E-state index in [1.807, 2.05) is 30.5 Å². The van der Waals surface area contributed by atoms with Crippen molar-refractivity contribution in [2.24, 2.45) is 0 Å². The molecule has 4 aromatic rings. The summed E-state index contributed by atoms with van der Waals surface area (Å²) in [6, 6.07) is 12.8. The van der Waals surface area contributed by atoms with E-state index in [-0.39, 0.29) is 5.91 Å². The number of anilines is 1. The number of amides is 1. The maximum absolute atomic E-state index is 12.8. The van der Waals surface area contributed by atoms with Crippen LogP contribution in [0.4, 0.5) is 5.69 Å². The number of hydrogen-bond acceptors (Lipinski definition) is 6. The van der Waals surface area contributed by atoms with Crippen LogP contribution < -0.4 is 14.8 Å². The van der Waals surface area contributed by atoms with Crippen molar-refractivity contribution in [1.82, 2.24) is 14.6 Å². The molecule has 0 spiro atoms. The summed E-state index contributed by atoms with van der Waals surface area (Å²) in [5.41, 5.74) is 3.07. The van der Waals surface area contributed by atoms with Crippen LogP contribution >= 0.6 is 11.3 Å². The molecule has 142 valence electrons. The summed E-state index contributed by atoms with van der Waals surface area (Å²) in [7, 11) is 3.11. The molecular weight excluding hydrogens is 376 g/mol. The van der Waals surface area contributed by atoms with Crippen LogP contribution in [0.1, 0.15) is 16.2 Å². The summed E-state index contributed by atoms with van der Waals surface area (Å²) in [5, 5.41) is 9.43. The highest BCUT2D eigenvalue weighted by Crippen LogP contribution is 2.29. The van der Waals surface area contributed by atoms with E-state index in [9.17, 15) is 4.79 Å². The van der Waals surface area contributed by atoms with Gasteiger partial charge in [0.25, 0.3) is 5.91 Å². The first-order valence-corrected chi connectivity index (χ1v) is 9.41. The molecule has 0 radical (unpaired) electrons. The summed E-state index contributed by atoms with van der Waals surface area (Å²) in [6.45, 7) is 1.89. The van der Waals surface area contributed by atoms with Gasteiger partial charge in [-0.2, -0.15) is 5.10 Å². The quantitative estimate of drug-likeness (QED) is 0.553. The number of fused-ring (bicyclic) bond motifs is 1. The van der Waals surface area contributed by atoms with Crippen LogP contribution in [-0.2, 0) is 0 Å². The number of ether oxygens (including phenoxy) is 2. The molecule has 28 heavy (non-hydrogen) atoms. The fourth-order valence-corrected chi connectivity index (χ4v) is 3.57. The summed E-state index contributed by atoms with van der Waals surface area (Å²) in [4.78, 5) is 18.4. The zero-order valence-electron chi connectivity index (χ0n) is 15.6. The molecule has 0 aliphatic carbocycles. The third-order valence-corrected chi connectivity index (χ3v) is 5.16. The van der Waals surface area contributed by atoms with Crippen LogP contribution in [0.15, 0.2) is 47.8 Å². The standard InChI is InChI=1S/C20H18N4O3S/c1-12-9-16(20(25)22-14-10-13(26-2)6-7-17(14)27-3)21-19-11-15(23-24(12)19)18-5-4-8-28-18/h4-11H,1-3H3,(H,22,25). The number of aryl methyl sites for hydroxylation is 1. The summed E-state index contributed by atoms with van der Waals surface area (Å²) in [6.07, 6.45) is 0. The van der Waals surface area contributed by atoms with Gasteiger partial charge in [-0.1, -0.05) is 6.07 Å². The normalized spacial score (nSPS) is 10.8. The van der Waals surface area contributed by atoms with Crippen LogP contribution in [0.25, 0.3) is 16.2 Å². The molecule has 0 saturated carbocycles. The molecule has 3 aromatic heterocycles. The number of carbonyl (C=O) groups excluding carboxylic acids is 1. The lowest BCUT2D eigenvalue weighted by Gasteiger charge is -2.12. The van der Waals surface area contributed by atoms with Gasteiger partial charge in [-0.25, -0.2) is 9.50 Å². The number of carbonyl (C=O) groups is 1. The molecule has 0 fully saturated rings. The summed E-state index contributed by atoms with van der Waals surface area (Å²) >= 11 is 1.61. The third-order valence-electron chi connectivity index (χ3n) is 4.27. The Bertz CT molecular complexity index is 1150. The zero-order valence-corrected chi connectivity index (χ0v) is 16.4. The van der Waals surface area contributed by atoms with Gasteiger partial charge in [0.2, 0.25) is 0 Å². The molecule has 0 atom stereocenters. The van der Waals surface area contributed by atoms with Crippen molar-refractivity contribution in [3.05, 3.63) is 59.2 Å². The fraction of sp³-hybridized carbons (Fsp3) is 0.150. The first kappa shape index (κ1) is 18.0. The van der Waals surface area contributed by atoms with Crippen LogP contribution in [0.5, 0.6) is 11.5 Å². The Labute approximate surface area is 165 Å².